The molecule has 5 nitrogen and oxygen atoms in total. The van der Waals surface area contributed by atoms with E-state index in [1.165, 1.54) is 12.1 Å². The zero-order chi connectivity index (χ0) is 24.2. The number of carbonyl (C=O) groups is 1. The van der Waals surface area contributed by atoms with E-state index in [1.54, 1.807) is 12.1 Å². The summed E-state index contributed by atoms with van der Waals surface area (Å²) in [5, 5.41) is 3.07. The SMILES string of the molecule is CC.CC(C)COc1ccc(CNC(=O)N(Cc2ccc(F)cc2)C2CCN(C)CC2)cc1.[HH]. The molecule has 0 saturated carbocycles. The topological polar surface area (TPSA) is 44.8 Å². The minimum absolute atomic E-state index is 0. The number of halogens is 1. The first-order chi connectivity index (χ1) is 15.9. The molecule has 33 heavy (non-hydrogen) atoms. The van der Waals surface area contributed by atoms with E-state index in [-0.39, 0.29) is 19.3 Å². The van der Waals surface area contributed by atoms with Crippen LogP contribution in [-0.4, -0.2) is 48.6 Å². The highest BCUT2D eigenvalue weighted by Crippen LogP contribution is 2.19. The van der Waals surface area contributed by atoms with Crippen LogP contribution in [0.15, 0.2) is 48.5 Å². The van der Waals surface area contributed by atoms with Crippen molar-refractivity contribution in [3.63, 3.8) is 0 Å². The van der Waals surface area contributed by atoms with E-state index in [1.807, 2.05) is 43.0 Å². The molecule has 184 valence electrons. The molecule has 0 radical (unpaired) electrons. The largest absolute Gasteiger partial charge is 0.493 e. The van der Waals surface area contributed by atoms with Crippen LogP contribution < -0.4 is 10.1 Å². The molecule has 2 aromatic carbocycles. The van der Waals surface area contributed by atoms with Gasteiger partial charge in [0.25, 0.3) is 0 Å². The van der Waals surface area contributed by atoms with Crippen molar-refractivity contribution in [3.05, 3.63) is 65.5 Å². The van der Waals surface area contributed by atoms with Crippen molar-refractivity contribution in [1.29, 1.82) is 0 Å². The number of urea groups is 1. The van der Waals surface area contributed by atoms with E-state index in [0.29, 0.717) is 25.6 Å². The molecule has 1 saturated heterocycles. The highest BCUT2D eigenvalue weighted by atomic mass is 19.1. The van der Waals surface area contributed by atoms with Crippen molar-refractivity contribution in [2.75, 3.05) is 26.7 Å². The van der Waals surface area contributed by atoms with Crippen molar-refractivity contribution >= 4 is 6.03 Å². The van der Waals surface area contributed by atoms with Crippen molar-refractivity contribution in [3.8, 4) is 5.75 Å². The summed E-state index contributed by atoms with van der Waals surface area (Å²) in [7, 11) is 2.11. The first-order valence-electron chi connectivity index (χ1n) is 12.1. The maximum Gasteiger partial charge on any atom is 0.318 e. The van der Waals surface area contributed by atoms with Crippen LogP contribution >= 0.6 is 0 Å². The fraction of sp³-hybridized carbons (Fsp3) is 0.519. The zero-order valence-electron chi connectivity index (χ0n) is 20.8. The van der Waals surface area contributed by atoms with E-state index in [9.17, 15) is 9.18 Å². The summed E-state index contributed by atoms with van der Waals surface area (Å²) in [5.74, 6) is 1.05. The Bertz CT molecular complexity index is 823. The lowest BCUT2D eigenvalue weighted by Crippen LogP contribution is -2.49. The molecule has 0 unspecified atom stereocenters. The van der Waals surface area contributed by atoms with E-state index in [2.05, 4.69) is 31.1 Å². The zero-order valence-corrected chi connectivity index (χ0v) is 20.8. The molecule has 0 bridgehead atoms. The molecular formula is C27H42FN3O2. The lowest BCUT2D eigenvalue weighted by atomic mass is 10.0. The van der Waals surface area contributed by atoms with Gasteiger partial charge in [-0.05, 0) is 74.3 Å². The van der Waals surface area contributed by atoms with E-state index < -0.39 is 0 Å². The molecule has 6 heteroatoms. The maximum absolute atomic E-state index is 13.3. The van der Waals surface area contributed by atoms with Gasteiger partial charge in [0.15, 0.2) is 0 Å². The fourth-order valence-electron chi connectivity index (χ4n) is 3.71. The second kappa shape index (κ2) is 13.8. The predicted octanol–water partition coefficient (Wildman–Crippen LogP) is 5.94. The Morgan fingerprint density at radius 3 is 2.24 bits per heavy atom. The van der Waals surface area contributed by atoms with Crippen LogP contribution in [0.25, 0.3) is 0 Å². The van der Waals surface area contributed by atoms with Gasteiger partial charge in [-0.2, -0.15) is 0 Å². The number of piperidine rings is 1. The van der Waals surface area contributed by atoms with Crippen molar-refractivity contribution < 1.29 is 15.3 Å². The lowest BCUT2D eigenvalue weighted by Gasteiger charge is -2.37. The molecule has 0 aliphatic carbocycles. The van der Waals surface area contributed by atoms with Crippen molar-refractivity contribution in [2.45, 2.75) is 59.7 Å². The Morgan fingerprint density at radius 1 is 1.09 bits per heavy atom. The first kappa shape index (κ1) is 26.7. The Labute approximate surface area is 200 Å². The molecule has 2 amide bonds. The maximum atomic E-state index is 13.3. The monoisotopic (exact) mass is 459 g/mol. The second-order valence-electron chi connectivity index (χ2n) is 8.80. The quantitative estimate of drug-likeness (QED) is 0.531. The molecule has 1 aliphatic rings. The number of likely N-dealkylation sites (tertiary alicyclic amines) is 1. The third-order valence-corrected chi connectivity index (χ3v) is 5.61. The molecule has 1 aliphatic heterocycles. The number of benzene rings is 2. The van der Waals surface area contributed by atoms with E-state index in [4.69, 9.17) is 4.74 Å². The summed E-state index contributed by atoms with van der Waals surface area (Å²) in [6.07, 6.45) is 1.88. The average Bonchev–Trinajstić information content (AvgIpc) is 2.83. The van der Waals surface area contributed by atoms with Crippen LogP contribution in [0, 0.1) is 11.7 Å². The highest BCUT2D eigenvalue weighted by molar-refractivity contribution is 5.74. The smallest absolute Gasteiger partial charge is 0.318 e. The molecule has 0 spiro atoms. The van der Waals surface area contributed by atoms with Gasteiger partial charge in [0.2, 0.25) is 0 Å². The van der Waals surface area contributed by atoms with Crippen LogP contribution in [0.5, 0.6) is 5.75 Å². The Hall–Kier alpha value is -2.60. The second-order valence-corrected chi connectivity index (χ2v) is 8.80. The van der Waals surface area contributed by atoms with Crippen LogP contribution in [0.1, 0.15) is 53.1 Å². The summed E-state index contributed by atoms with van der Waals surface area (Å²) in [6.45, 7) is 11.8. The van der Waals surface area contributed by atoms with E-state index in [0.717, 1.165) is 42.8 Å². The van der Waals surface area contributed by atoms with Gasteiger partial charge in [-0.1, -0.05) is 52.0 Å². The summed E-state index contributed by atoms with van der Waals surface area (Å²) >= 11 is 0. The Morgan fingerprint density at radius 2 is 1.67 bits per heavy atom. The van der Waals surface area contributed by atoms with Crippen LogP contribution in [0.4, 0.5) is 9.18 Å². The molecular weight excluding hydrogens is 417 g/mol. The predicted molar refractivity (Wildman–Crippen MR) is 135 cm³/mol. The molecule has 1 heterocycles. The van der Waals surface area contributed by atoms with Gasteiger partial charge in [-0.15, -0.1) is 0 Å². The summed E-state index contributed by atoms with van der Waals surface area (Å²) in [4.78, 5) is 17.3. The van der Waals surface area contributed by atoms with Gasteiger partial charge in [0.05, 0.1) is 6.61 Å². The van der Waals surface area contributed by atoms with Crippen molar-refractivity contribution in [1.82, 2.24) is 15.1 Å². The number of amides is 2. The van der Waals surface area contributed by atoms with Gasteiger partial charge in [0, 0.05) is 20.6 Å². The number of carbonyl (C=O) groups excluding carboxylic acids is 1. The van der Waals surface area contributed by atoms with Gasteiger partial charge in [-0.3, -0.25) is 0 Å². The molecule has 1 N–H and O–H groups in total. The highest BCUT2D eigenvalue weighted by Gasteiger charge is 2.27. The Balaban J connectivity index is 0.00000188. The summed E-state index contributed by atoms with van der Waals surface area (Å²) in [5.41, 5.74) is 1.96. The third kappa shape index (κ3) is 9.04. The first-order valence-corrected chi connectivity index (χ1v) is 12.1. The molecule has 2 aromatic rings. The van der Waals surface area contributed by atoms with E-state index >= 15 is 0 Å². The van der Waals surface area contributed by atoms with Crippen LogP contribution in [0.3, 0.4) is 0 Å². The number of hydrogen-bond acceptors (Lipinski definition) is 3. The molecule has 0 aromatic heterocycles. The van der Waals surface area contributed by atoms with Gasteiger partial charge in [-0.25, -0.2) is 9.18 Å². The number of nitrogens with one attached hydrogen (secondary N) is 1. The van der Waals surface area contributed by atoms with Gasteiger partial charge < -0.3 is 19.9 Å². The lowest BCUT2D eigenvalue weighted by molar-refractivity contribution is 0.127. The number of hydrogen-bond donors (Lipinski definition) is 1. The third-order valence-electron chi connectivity index (χ3n) is 5.61. The van der Waals surface area contributed by atoms with Gasteiger partial charge in [0.1, 0.15) is 11.6 Å². The normalized spacial score (nSPS) is 14.4. The fourth-order valence-corrected chi connectivity index (χ4v) is 3.71. The number of ether oxygens (including phenoxy) is 1. The summed E-state index contributed by atoms with van der Waals surface area (Å²) in [6, 6.07) is 14.3. The van der Waals surface area contributed by atoms with Crippen LogP contribution in [0.2, 0.25) is 0 Å². The Kier molecular flexibility index (Phi) is 11.2. The van der Waals surface area contributed by atoms with Crippen LogP contribution in [-0.2, 0) is 13.1 Å². The van der Waals surface area contributed by atoms with Gasteiger partial charge >= 0.3 is 6.03 Å². The minimum Gasteiger partial charge on any atom is -0.493 e. The number of rotatable bonds is 8. The molecule has 0 atom stereocenters. The average molecular weight is 460 g/mol. The standard InChI is InChI=1S/C25H34FN3O2.C2H6.H2/c1-19(2)18-31-24-10-6-20(7-11-24)16-27-25(30)29(23-12-14-28(3)15-13-23)17-21-4-8-22(26)9-5-21;1-2;/h4-11,19,23H,12-18H2,1-3H3,(H,27,30);1-2H3;1H. The van der Waals surface area contributed by atoms with Crippen molar-refractivity contribution in [2.24, 2.45) is 5.92 Å². The summed E-state index contributed by atoms with van der Waals surface area (Å²) < 4.78 is 19.0. The number of nitrogens with zero attached hydrogens (tertiary/aromatic N) is 2. The molecule has 3 rings (SSSR count). The molecule has 1 fully saturated rings. The minimum atomic E-state index is -0.264.